The van der Waals surface area contributed by atoms with Gasteiger partial charge in [0.25, 0.3) is 0 Å². The highest BCUT2D eigenvalue weighted by atomic mass is 32.3. The van der Waals surface area contributed by atoms with Gasteiger partial charge in [-0.25, -0.2) is 0 Å². The lowest BCUT2D eigenvalue weighted by molar-refractivity contribution is -0.382. The van der Waals surface area contributed by atoms with E-state index in [1.165, 1.54) is 17.8 Å². The molecule has 0 aliphatic rings. The molecule has 1 heterocycles. The Morgan fingerprint density at radius 1 is 0.767 bits per heavy atom. The standard InChI is InChI=1S/C14H7F9O3S4/c15-11(16,13(19,20)21)12(17,18)14(22,23)30(24,25)26-29-10-7-6-9(28-10)27-8-4-2-1-3-5-8/h1-7H. The van der Waals surface area contributed by atoms with E-state index in [1.54, 1.807) is 30.3 Å². The fourth-order valence-corrected chi connectivity index (χ4v) is 5.85. The third kappa shape index (κ3) is 4.71. The molecular weight excluding hydrogens is 515 g/mol. The van der Waals surface area contributed by atoms with Gasteiger partial charge >= 0.3 is 33.4 Å². The molecule has 30 heavy (non-hydrogen) atoms. The van der Waals surface area contributed by atoms with Crippen LogP contribution in [0.3, 0.4) is 0 Å². The minimum absolute atomic E-state index is 0.168. The van der Waals surface area contributed by atoms with E-state index in [0.29, 0.717) is 4.21 Å². The SMILES string of the molecule is O=S(=O)(OSc1ccc(Sc2ccccc2)s1)C(F)(F)C(F)(F)C(F)(F)C(F)(F)F. The lowest BCUT2D eigenvalue weighted by Gasteiger charge is -2.32. The Kier molecular flexibility index (Phi) is 7.08. The summed E-state index contributed by atoms with van der Waals surface area (Å²) in [5.74, 6) is -14.7. The molecule has 0 atom stereocenters. The molecule has 0 aliphatic carbocycles. The summed E-state index contributed by atoms with van der Waals surface area (Å²) in [4.78, 5) is 0.741. The van der Waals surface area contributed by atoms with Gasteiger partial charge in [0.2, 0.25) is 0 Å². The molecule has 1 aromatic carbocycles. The van der Waals surface area contributed by atoms with E-state index in [1.807, 2.05) is 0 Å². The summed E-state index contributed by atoms with van der Waals surface area (Å²) in [5, 5.41) is -6.88. The zero-order valence-corrected chi connectivity index (χ0v) is 17.1. The Labute approximate surface area is 175 Å². The minimum atomic E-state index is -7.34. The van der Waals surface area contributed by atoms with Crippen LogP contribution in [0, 0.1) is 0 Å². The molecule has 0 spiro atoms. The molecule has 0 saturated heterocycles. The molecule has 168 valence electrons. The molecule has 0 amide bonds. The van der Waals surface area contributed by atoms with Gasteiger partial charge in [0.15, 0.2) is 0 Å². The smallest absolute Gasteiger partial charge is 0.192 e. The van der Waals surface area contributed by atoms with Crippen molar-refractivity contribution < 1.29 is 51.6 Å². The van der Waals surface area contributed by atoms with E-state index in [2.05, 4.69) is 3.63 Å². The van der Waals surface area contributed by atoms with Gasteiger partial charge in [0, 0.05) is 4.90 Å². The fourth-order valence-electron chi connectivity index (χ4n) is 1.65. The molecule has 16 heteroatoms. The molecule has 0 saturated carbocycles. The zero-order valence-electron chi connectivity index (χ0n) is 13.8. The van der Waals surface area contributed by atoms with Gasteiger partial charge < -0.3 is 0 Å². The monoisotopic (exact) mass is 522 g/mol. The van der Waals surface area contributed by atoms with Crippen molar-refractivity contribution in [2.24, 2.45) is 0 Å². The van der Waals surface area contributed by atoms with Gasteiger partial charge in [-0.3, -0.25) is 0 Å². The van der Waals surface area contributed by atoms with E-state index < -0.39 is 45.4 Å². The summed E-state index contributed by atoms with van der Waals surface area (Å²) in [6, 6.07) is 11.1. The minimum Gasteiger partial charge on any atom is -0.192 e. The van der Waals surface area contributed by atoms with Crippen LogP contribution in [0.15, 0.2) is 55.8 Å². The topological polar surface area (TPSA) is 43.4 Å². The Balaban J connectivity index is 2.16. The van der Waals surface area contributed by atoms with Crippen LogP contribution in [-0.4, -0.2) is 31.7 Å². The highest BCUT2D eigenvalue weighted by Gasteiger charge is 2.85. The van der Waals surface area contributed by atoms with Crippen molar-refractivity contribution in [1.82, 2.24) is 0 Å². The lowest BCUT2D eigenvalue weighted by Crippen LogP contribution is -2.63. The van der Waals surface area contributed by atoms with Crippen molar-refractivity contribution in [3.63, 3.8) is 0 Å². The van der Waals surface area contributed by atoms with Gasteiger partial charge in [-0.1, -0.05) is 30.0 Å². The van der Waals surface area contributed by atoms with Crippen molar-refractivity contribution in [3.05, 3.63) is 42.5 Å². The van der Waals surface area contributed by atoms with Crippen LogP contribution in [0.1, 0.15) is 0 Å². The third-order valence-electron chi connectivity index (χ3n) is 3.15. The molecule has 2 aromatic rings. The predicted molar refractivity (Wildman–Crippen MR) is 91.6 cm³/mol. The molecule has 0 unspecified atom stereocenters. The van der Waals surface area contributed by atoms with Crippen molar-refractivity contribution in [1.29, 1.82) is 0 Å². The average Bonchev–Trinajstić information content (AvgIpc) is 3.07. The van der Waals surface area contributed by atoms with E-state index in [-0.39, 0.29) is 4.21 Å². The maximum absolute atomic E-state index is 13.5. The van der Waals surface area contributed by atoms with Crippen LogP contribution in [0.25, 0.3) is 0 Å². The van der Waals surface area contributed by atoms with Crippen LogP contribution >= 0.6 is 35.1 Å². The largest absolute Gasteiger partial charge is 0.460 e. The van der Waals surface area contributed by atoms with Crippen LogP contribution in [-0.2, 0) is 13.7 Å². The summed E-state index contributed by atoms with van der Waals surface area (Å²) in [7, 11) is -6.91. The molecule has 0 N–H and O–H groups in total. The Bertz CT molecular complexity index is 972. The van der Waals surface area contributed by atoms with Crippen LogP contribution in [0.4, 0.5) is 39.5 Å². The van der Waals surface area contributed by atoms with Gasteiger partial charge in [0.1, 0.15) is 0 Å². The molecule has 0 aliphatic heterocycles. The first kappa shape index (κ1) is 25.2. The third-order valence-corrected chi connectivity index (χ3v) is 7.80. The van der Waals surface area contributed by atoms with Gasteiger partial charge in [-0.05, 0) is 24.3 Å². The second kappa shape index (κ2) is 8.44. The summed E-state index contributed by atoms with van der Waals surface area (Å²) >= 11 is 1.54. The number of hydrogen-bond acceptors (Lipinski definition) is 6. The summed E-state index contributed by atoms with van der Waals surface area (Å²) in [6.45, 7) is 0. The highest BCUT2D eigenvalue weighted by molar-refractivity contribution is 8.06. The highest BCUT2D eigenvalue weighted by Crippen LogP contribution is 2.55. The molecular formula is C14H7F9O3S4. The second-order valence-corrected chi connectivity index (χ2v) is 10.5. The first-order chi connectivity index (χ1) is 13.5. The van der Waals surface area contributed by atoms with Gasteiger partial charge in [0.05, 0.1) is 20.5 Å². The summed E-state index contributed by atoms with van der Waals surface area (Å²) in [6.07, 6.45) is -7.14. The zero-order chi connectivity index (χ0) is 23.0. The van der Waals surface area contributed by atoms with E-state index in [4.69, 9.17) is 0 Å². The fraction of sp³-hybridized carbons (Fsp3) is 0.286. The van der Waals surface area contributed by atoms with E-state index in [9.17, 15) is 47.9 Å². The number of hydrogen-bond donors (Lipinski definition) is 0. The van der Waals surface area contributed by atoms with Crippen LogP contribution in [0.2, 0.25) is 0 Å². The Morgan fingerprint density at radius 2 is 1.30 bits per heavy atom. The van der Waals surface area contributed by atoms with Crippen molar-refractivity contribution >= 4 is 45.3 Å². The van der Waals surface area contributed by atoms with Crippen molar-refractivity contribution in [2.45, 2.75) is 36.6 Å². The molecule has 3 nitrogen and oxygen atoms in total. The molecule has 1 aromatic heterocycles. The lowest BCUT2D eigenvalue weighted by atomic mass is 10.1. The number of rotatable bonds is 8. The Morgan fingerprint density at radius 3 is 1.83 bits per heavy atom. The summed E-state index contributed by atoms with van der Waals surface area (Å²) < 4.78 is 142. The number of alkyl halides is 9. The Hall–Kier alpha value is -1.10. The molecule has 0 fully saturated rings. The number of halogens is 9. The van der Waals surface area contributed by atoms with E-state index >= 15 is 0 Å². The molecule has 0 bridgehead atoms. The van der Waals surface area contributed by atoms with Crippen LogP contribution < -0.4 is 0 Å². The maximum atomic E-state index is 13.5. The quantitative estimate of drug-likeness (QED) is 0.286. The van der Waals surface area contributed by atoms with Gasteiger partial charge in [-0.2, -0.15) is 51.6 Å². The number of benzene rings is 1. The maximum Gasteiger partial charge on any atom is 0.460 e. The number of thiophene rings is 1. The average molecular weight is 522 g/mol. The normalized spacial score (nSPS) is 14.2. The van der Waals surface area contributed by atoms with Gasteiger partial charge in [-0.15, -0.1) is 11.3 Å². The first-order valence-electron chi connectivity index (χ1n) is 7.16. The van der Waals surface area contributed by atoms with Crippen LogP contribution in [0.5, 0.6) is 0 Å². The first-order valence-corrected chi connectivity index (χ1v) is 10.9. The second-order valence-electron chi connectivity index (χ2n) is 5.26. The van der Waals surface area contributed by atoms with Crippen molar-refractivity contribution in [3.8, 4) is 0 Å². The predicted octanol–water partition coefficient (Wildman–Crippen LogP) is 6.68. The molecule has 2 rings (SSSR count). The summed E-state index contributed by atoms with van der Waals surface area (Å²) in [5.41, 5.74) is 0. The molecule has 0 radical (unpaired) electrons. The van der Waals surface area contributed by atoms with Crippen molar-refractivity contribution in [2.75, 3.05) is 0 Å². The van der Waals surface area contributed by atoms with E-state index in [0.717, 1.165) is 22.3 Å².